The Morgan fingerprint density at radius 2 is 2.26 bits per heavy atom. The largest absolute Gasteiger partial charge is 0.356 e. The molecule has 1 aromatic rings. The molecule has 1 aliphatic heterocycles. The van der Waals surface area contributed by atoms with Gasteiger partial charge in [0.1, 0.15) is 0 Å². The molecule has 1 aromatic heterocycles. The Hall–Kier alpha value is -1.43. The third-order valence-corrected chi connectivity index (χ3v) is 6.50. The Morgan fingerprint density at radius 3 is 2.96 bits per heavy atom. The molecule has 23 heavy (non-hydrogen) atoms. The molecule has 3 aliphatic rings. The van der Waals surface area contributed by atoms with Crippen LogP contribution in [-0.4, -0.2) is 23.3 Å². The number of fused-ring (bicyclic) bond motifs is 2. The lowest BCUT2D eigenvalue weighted by Gasteiger charge is -2.21. The normalized spacial score (nSPS) is 32.8. The summed E-state index contributed by atoms with van der Waals surface area (Å²) in [5.41, 5.74) is 1.18. The van der Waals surface area contributed by atoms with Crippen LogP contribution in [0.3, 0.4) is 0 Å². The van der Waals surface area contributed by atoms with Gasteiger partial charge in [-0.05, 0) is 43.4 Å². The molecule has 4 rings (SSSR count). The molecule has 2 aliphatic carbocycles. The zero-order chi connectivity index (χ0) is 15.8. The highest BCUT2D eigenvalue weighted by Crippen LogP contribution is 2.52. The lowest BCUT2D eigenvalue weighted by Crippen LogP contribution is -2.36. The number of piperidine rings is 1. The predicted octanol–water partition coefficient (Wildman–Crippen LogP) is 2.90. The Kier molecular flexibility index (Phi) is 4.09. The van der Waals surface area contributed by atoms with Crippen LogP contribution in [0.1, 0.15) is 56.6 Å². The second-order valence-corrected chi connectivity index (χ2v) is 8.18. The molecule has 124 valence electrons. The first-order valence-electron chi connectivity index (χ1n) is 8.69. The van der Waals surface area contributed by atoms with Crippen molar-refractivity contribution in [2.24, 2.45) is 17.8 Å². The van der Waals surface area contributed by atoms with E-state index in [1.165, 1.54) is 31.4 Å². The first-order valence-corrected chi connectivity index (χ1v) is 9.57. The standard InChI is InChI=1S/C17H23N3O2S/c21-15-4-2-11(8-18-15)7-16(22)20-17-19-14(9-23-17)13-6-10-1-3-12(13)5-10/h9-13H,1-8H2,(H,18,21)(H,19,20,22)/t10-,11+,12-,13+/m0/s1. The average Bonchev–Trinajstić information content (AvgIpc) is 3.25. The van der Waals surface area contributed by atoms with E-state index in [9.17, 15) is 9.59 Å². The van der Waals surface area contributed by atoms with Crippen molar-refractivity contribution in [3.8, 4) is 0 Å². The van der Waals surface area contributed by atoms with Crippen molar-refractivity contribution in [2.45, 2.75) is 50.9 Å². The second-order valence-electron chi connectivity index (χ2n) is 7.32. The number of nitrogens with one attached hydrogen (secondary N) is 2. The number of aromatic nitrogens is 1. The van der Waals surface area contributed by atoms with Crippen molar-refractivity contribution >= 4 is 28.3 Å². The highest BCUT2D eigenvalue weighted by molar-refractivity contribution is 7.13. The van der Waals surface area contributed by atoms with Crippen LogP contribution in [0.4, 0.5) is 5.13 Å². The fourth-order valence-electron chi connectivity index (χ4n) is 4.51. The number of carbonyl (C=O) groups is 2. The van der Waals surface area contributed by atoms with Gasteiger partial charge in [-0.1, -0.05) is 6.42 Å². The van der Waals surface area contributed by atoms with Crippen LogP contribution < -0.4 is 10.6 Å². The lowest BCUT2D eigenvalue weighted by molar-refractivity contribution is -0.124. The molecule has 2 amide bonds. The van der Waals surface area contributed by atoms with Gasteiger partial charge in [0, 0.05) is 30.7 Å². The molecule has 5 nitrogen and oxygen atoms in total. The van der Waals surface area contributed by atoms with E-state index >= 15 is 0 Å². The SMILES string of the molecule is O=C1CC[C@H](CC(=O)Nc2nc([C@@H]3C[C@H]4CC[C@H]3C4)cs2)CN1. The van der Waals surface area contributed by atoms with E-state index in [0.717, 1.165) is 23.4 Å². The number of rotatable bonds is 4. The van der Waals surface area contributed by atoms with E-state index in [-0.39, 0.29) is 17.7 Å². The molecule has 1 saturated heterocycles. The molecular formula is C17H23N3O2S. The van der Waals surface area contributed by atoms with Gasteiger partial charge in [0.2, 0.25) is 11.8 Å². The molecule has 2 N–H and O–H groups in total. The highest BCUT2D eigenvalue weighted by Gasteiger charge is 2.41. The molecule has 0 radical (unpaired) electrons. The van der Waals surface area contributed by atoms with Crippen LogP contribution in [0, 0.1) is 17.8 Å². The lowest BCUT2D eigenvalue weighted by atomic mass is 9.87. The van der Waals surface area contributed by atoms with Gasteiger partial charge in [0.15, 0.2) is 5.13 Å². The zero-order valence-corrected chi connectivity index (χ0v) is 14.0. The quantitative estimate of drug-likeness (QED) is 0.890. The minimum Gasteiger partial charge on any atom is -0.356 e. The third kappa shape index (κ3) is 3.27. The summed E-state index contributed by atoms with van der Waals surface area (Å²) in [5.74, 6) is 2.70. The van der Waals surface area contributed by atoms with E-state index < -0.39 is 0 Å². The Balaban J connectivity index is 1.31. The van der Waals surface area contributed by atoms with E-state index in [1.807, 2.05) is 0 Å². The molecule has 2 bridgehead atoms. The summed E-state index contributed by atoms with van der Waals surface area (Å²) < 4.78 is 0. The maximum absolute atomic E-state index is 12.2. The molecule has 4 atom stereocenters. The molecule has 0 aromatic carbocycles. The topological polar surface area (TPSA) is 71.1 Å². The van der Waals surface area contributed by atoms with Crippen LogP contribution in [0.15, 0.2) is 5.38 Å². The average molecular weight is 333 g/mol. The molecular weight excluding hydrogens is 310 g/mol. The van der Waals surface area contributed by atoms with Crippen molar-refractivity contribution in [2.75, 3.05) is 11.9 Å². The minimum absolute atomic E-state index is 0.0139. The third-order valence-electron chi connectivity index (χ3n) is 5.73. The number of hydrogen-bond acceptors (Lipinski definition) is 4. The number of hydrogen-bond donors (Lipinski definition) is 2. The number of carbonyl (C=O) groups excluding carboxylic acids is 2. The van der Waals surface area contributed by atoms with Crippen molar-refractivity contribution in [1.29, 1.82) is 0 Å². The van der Waals surface area contributed by atoms with E-state index in [4.69, 9.17) is 0 Å². The molecule has 6 heteroatoms. The van der Waals surface area contributed by atoms with Crippen molar-refractivity contribution in [3.63, 3.8) is 0 Å². The fraction of sp³-hybridized carbons (Fsp3) is 0.706. The fourth-order valence-corrected chi connectivity index (χ4v) is 5.30. The van der Waals surface area contributed by atoms with Gasteiger partial charge in [-0.3, -0.25) is 9.59 Å². The predicted molar refractivity (Wildman–Crippen MR) is 89.3 cm³/mol. The summed E-state index contributed by atoms with van der Waals surface area (Å²) in [6, 6.07) is 0. The highest BCUT2D eigenvalue weighted by atomic mass is 32.1. The summed E-state index contributed by atoms with van der Waals surface area (Å²) in [7, 11) is 0. The van der Waals surface area contributed by atoms with Crippen LogP contribution in [0.2, 0.25) is 0 Å². The van der Waals surface area contributed by atoms with E-state index in [2.05, 4.69) is 21.0 Å². The zero-order valence-electron chi connectivity index (χ0n) is 13.2. The monoisotopic (exact) mass is 333 g/mol. The van der Waals surface area contributed by atoms with E-state index in [1.54, 1.807) is 11.3 Å². The molecule has 2 saturated carbocycles. The molecule has 0 spiro atoms. The number of amides is 2. The first-order chi connectivity index (χ1) is 11.2. The van der Waals surface area contributed by atoms with Gasteiger partial charge in [0.25, 0.3) is 0 Å². The van der Waals surface area contributed by atoms with Gasteiger partial charge in [-0.25, -0.2) is 4.98 Å². The molecule has 2 heterocycles. The van der Waals surface area contributed by atoms with Crippen molar-refractivity contribution < 1.29 is 9.59 Å². The minimum atomic E-state index is 0.0139. The Morgan fingerprint density at radius 1 is 1.35 bits per heavy atom. The second kappa shape index (κ2) is 6.23. The van der Waals surface area contributed by atoms with E-state index in [0.29, 0.717) is 25.3 Å². The van der Waals surface area contributed by atoms with Gasteiger partial charge in [0.05, 0.1) is 5.69 Å². The maximum atomic E-state index is 12.2. The summed E-state index contributed by atoms with van der Waals surface area (Å²) in [5, 5.41) is 8.63. The number of nitrogens with zero attached hydrogens (tertiary/aromatic N) is 1. The molecule has 0 unspecified atom stereocenters. The van der Waals surface area contributed by atoms with Gasteiger partial charge in [-0.2, -0.15) is 0 Å². The van der Waals surface area contributed by atoms with Crippen LogP contribution in [0.25, 0.3) is 0 Å². The summed E-state index contributed by atoms with van der Waals surface area (Å²) in [6.45, 7) is 0.612. The maximum Gasteiger partial charge on any atom is 0.226 e. The Bertz CT molecular complexity index is 605. The smallest absolute Gasteiger partial charge is 0.226 e. The van der Waals surface area contributed by atoms with Crippen LogP contribution in [0.5, 0.6) is 0 Å². The Labute approximate surface area is 140 Å². The first kappa shape index (κ1) is 15.1. The van der Waals surface area contributed by atoms with Crippen molar-refractivity contribution in [3.05, 3.63) is 11.1 Å². The summed E-state index contributed by atoms with van der Waals surface area (Å²) in [6.07, 6.45) is 7.19. The summed E-state index contributed by atoms with van der Waals surface area (Å²) in [4.78, 5) is 28.0. The van der Waals surface area contributed by atoms with Gasteiger partial charge >= 0.3 is 0 Å². The number of anilines is 1. The molecule has 3 fully saturated rings. The van der Waals surface area contributed by atoms with Crippen LogP contribution >= 0.6 is 11.3 Å². The van der Waals surface area contributed by atoms with Gasteiger partial charge in [-0.15, -0.1) is 11.3 Å². The number of thiazole rings is 1. The van der Waals surface area contributed by atoms with Crippen LogP contribution in [-0.2, 0) is 9.59 Å². The van der Waals surface area contributed by atoms with Crippen molar-refractivity contribution in [1.82, 2.24) is 10.3 Å². The van der Waals surface area contributed by atoms with Gasteiger partial charge < -0.3 is 10.6 Å². The summed E-state index contributed by atoms with van der Waals surface area (Å²) >= 11 is 1.54.